The van der Waals surface area contributed by atoms with Crippen LogP contribution in [0, 0.1) is 5.82 Å². The monoisotopic (exact) mass is 336 g/mol. The first-order chi connectivity index (χ1) is 11.6. The Morgan fingerprint density at radius 3 is 2.75 bits per heavy atom. The number of aliphatic hydroxyl groups is 1. The van der Waals surface area contributed by atoms with Gasteiger partial charge in [-0.3, -0.25) is 9.69 Å². The average molecular weight is 336 g/mol. The van der Waals surface area contributed by atoms with Crippen LogP contribution in [0.3, 0.4) is 0 Å². The number of nitrogens with zero attached hydrogens (tertiary/aromatic N) is 2. The summed E-state index contributed by atoms with van der Waals surface area (Å²) in [7, 11) is 0. The Hall–Kier alpha value is -1.50. The van der Waals surface area contributed by atoms with Crippen molar-refractivity contribution in [3.05, 3.63) is 35.6 Å². The molecule has 1 aromatic rings. The summed E-state index contributed by atoms with van der Waals surface area (Å²) in [4.78, 5) is 16.3. The molecule has 0 aliphatic carbocycles. The number of aryl methyl sites for hydroxylation is 1. The SMILES string of the molecule is O=C(CCc1ccccc1F)N1CCC(O)(CN2CCOCC2)C1. The van der Waals surface area contributed by atoms with E-state index in [2.05, 4.69) is 4.90 Å². The predicted molar refractivity (Wildman–Crippen MR) is 88.1 cm³/mol. The number of likely N-dealkylation sites (tertiary alicyclic amines) is 1. The van der Waals surface area contributed by atoms with Crippen LogP contribution in [0.4, 0.5) is 4.39 Å². The van der Waals surface area contributed by atoms with E-state index >= 15 is 0 Å². The van der Waals surface area contributed by atoms with Crippen LogP contribution < -0.4 is 0 Å². The van der Waals surface area contributed by atoms with Crippen LogP contribution in [0.25, 0.3) is 0 Å². The second kappa shape index (κ2) is 7.59. The molecule has 2 aliphatic heterocycles. The first-order valence-corrected chi connectivity index (χ1v) is 8.59. The highest BCUT2D eigenvalue weighted by Gasteiger charge is 2.39. The van der Waals surface area contributed by atoms with Crippen molar-refractivity contribution < 1.29 is 19.0 Å². The summed E-state index contributed by atoms with van der Waals surface area (Å²) in [5, 5.41) is 10.8. The van der Waals surface area contributed by atoms with Crippen LogP contribution >= 0.6 is 0 Å². The molecule has 5 nitrogen and oxygen atoms in total. The van der Waals surface area contributed by atoms with Crippen molar-refractivity contribution >= 4 is 5.91 Å². The first kappa shape index (κ1) is 17.3. The summed E-state index contributed by atoms with van der Waals surface area (Å²) in [6, 6.07) is 6.55. The van der Waals surface area contributed by atoms with Crippen molar-refractivity contribution in [2.75, 3.05) is 45.9 Å². The number of benzene rings is 1. The second-order valence-electron chi connectivity index (χ2n) is 6.77. The fraction of sp³-hybridized carbons (Fsp3) is 0.611. The van der Waals surface area contributed by atoms with Crippen molar-refractivity contribution in [3.63, 3.8) is 0 Å². The molecule has 0 bridgehead atoms. The molecule has 2 heterocycles. The van der Waals surface area contributed by atoms with Gasteiger partial charge in [0.15, 0.2) is 0 Å². The summed E-state index contributed by atoms with van der Waals surface area (Å²) in [6.45, 7) is 4.54. The lowest BCUT2D eigenvalue weighted by molar-refractivity contribution is -0.131. The molecule has 2 fully saturated rings. The number of morpholine rings is 1. The van der Waals surface area contributed by atoms with Crippen LogP contribution in [0.5, 0.6) is 0 Å². The third kappa shape index (κ3) is 4.32. The van der Waals surface area contributed by atoms with Crippen molar-refractivity contribution in [2.45, 2.75) is 24.9 Å². The summed E-state index contributed by atoms with van der Waals surface area (Å²) in [5.74, 6) is -0.285. The maximum Gasteiger partial charge on any atom is 0.223 e. The lowest BCUT2D eigenvalue weighted by Gasteiger charge is -2.33. The van der Waals surface area contributed by atoms with E-state index < -0.39 is 5.60 Å². The maximum atomic E-state index is 13.6. The molecule has 2 saturated heterocycles. The lowest BCUT2D eigenvalue weighted by Crippen LogP contribution is -2.49. The van der Waals surface area contributed by atoms with Crippen LogP contribution in [0.2, 0.25) is 0 Å². The van der Waals surface area contributed by atoms with E-state index in [0.717, 1.165) is 13.1 Å². The van der Waals surface area contributed by atoms with Gasteiger partial charge in [0, 0.05) is 32.6 Å². The number of hydrogen-bond acceptors (Lipinski definition) is 4. The van der Waals surface area contributed by atoms with Gasteiger partial charge in [0.2, 0.25) is 5.91 Å². The van der Waals surface area contributed by atoms with Crippen molar-refractivity contribution in [1.82, 2.24) is 9.80 Å². The molecule has 0 aromatic heterocycles. The quantitative estimate of drug-likeness (QED) is 0.873. The van der Waals surface area contributed by atoms with Crippen LogP contribution in [-0.4, -0.2) is 72.4 Å². The van der Waals surface area contributed by atoms with Crippen LogP contribution in [0.15, 0.2) is 24.3 Å². The normalized spacial score (nSPS) is 25.2. The molecule has 2 aliphatic rings. The third-order valence-electron chi connectivity index (χ3n) is 4.87. The van der Waals surface area contributed by atoms with E-state index in [-0.39, 0.29) is 18.1 Å². The molecule has 1 amide bonds. The van der Waals surface area contributed by atoms with E-state index in [1.807, 2.05) is 0 Å². The summed E-state index contributed by atoms with van der Waals surface area (Å²) in [6.07, 6.45) is 1.26. The van der Waals surface area contributed by atoms with Gasteiger partial charge in [-0.25, -0.2) is 4.39 Å². The summed E-state index contributed by atoms with van der Waals surface area (Å²) >= 11 is 0. The van der Waals surface area contributed by atoms with Gasteiger partial charge in [0.25, 0.3) is 0 Å². The van der Waals surface area contributed by atoms with Gasteiger partial charge < -0.3 is 14.7 Å². The standard InChI is InChI=1S/C18H25FN2O3/c19-16-4-2-1-3-15(16)5-6-17(22)21-8-7-18(23,14-21)13-20-9-11-24-12-10-20/h1-4,23H,5-14H2. The topological polar surface area (TPSA) is 53.0 Å². The van der Waals surface area contributed by atoms with E-state index in [9.17, 15) is 14.3 Å². The van der Waals surface area contributed by atoms with Crippen LogP contribution in [-0.2, 0) is 16.0 Å². The number of carbonyl (C=O) groups is 1. The number of halogens is 1. The summed E-state index contributed by atoms with van der Waals surface area (Å²) < 4.78 is 18.9. The number of amides is 1. The largest absolute Gasteiger partial charge is 0.387 e. The molecular formula is C18H25FN2O3. The minimum absolute atomic E-state index is 0.0174. The molecule has 6 heteroatoms. The van der Waals surface area contributed by atoms with Gasteiger partial charge in [-0.15, -0.1) is 0 Å². The number of ether oxygens (including phenoxy) is 1. The Kier molecular flexibility index (Phi) is 5.48. The van der Waals surface area contributed by atoms with Gasteiger partial charge in [-0.2, -0.15) is 0 Å². The zero-order valence-corrected chi connectivity index (χ0v) is 13.9. The minimum Gasteiger partial charge on any atom is -0.387 e. The Labute approximate surface area is 142 Å². The van der Waals surface area contributed by atoms with Gasteiger partial charge >= 0.3 is 0 Å². The smallest absolute Gasteiger partial charge is 0.223 e. The lowest BCUT2D eigenvalue weighted by atomic mass is 10.0. The number of hydrogen-bond donors (Lipinski definition) is 1. The first-order valence-electron chi connectivity index (χ1n) is 8.59. The molecule has 0 spiro atoms. The highest BCUT2D eigenvalue weighted by molar-refractivity contribution is 5.77. The van der Waals surface area contributed by atoms with Gasteiger partial charge in [0.1, 0.15) is 5.82 Å². The molecule has 1 N–H and O–H groups in total. The molecule has 0 radical (unpaired) electrons. The molecule has 3 rings (SSSR count). The molecular weight excluding hydrogens is 311 g/mol. The summed E-state index contributed by atoms with van der Waals surface area (Å²) in [5.41, 5.74) is -0.279. The van der Waals surface area contributed by atoms with Gasteiger partial charge in [-0.1, -0.05) is 18.2 Å². The molecule has 0 saturated carbocycles. The Morgan fingerprint density at radius 1 is 1.25 bits per heavy atom. The van der Waals surface area contributed by atoms with Crippen molar-refractivity contribution in [1.29, 1.82) is 0 Å². The van der Waals surface area contributed by atoms with E-state index in [1.165, 1.54) is 6.07 Å². The third-order valence-corrected chi connectivity index (χ3v) is 4.87. The molecule has 1 aromatic carbocycles. The Balaban J connectivity index is 1.49. The molecule has 1 unspecified atom stereocenters. The van der Waals surface area contributed by atoms with Gasteiger partial charge in [0.05, 0.1) is 25.4 Å². The average Bonchev–Trinajstić information content (AvgIpc) is 2.97. The number of rotatable bonds is 5. The minimum atomic E-state index is -0.842. The van der Waals surface area contributed by atoms with E-state index in [0.29, 0.717) is 51.3 Å². The zero-order chi connectivity index (χ0) is 17.0. The Morgan fingerprint density at radius 2 is 2.00 bits per heavy atom. The molecule has 24 heavy (non-hydrogen) atoms. The second-order valence-corrected chi connectivity index (χ2v) is 6.77. The zero-order valence-electron chi connectivity index (χ0n) is 13.9. The molecule has 1 atom stereocenters. The highest BCUT2D eigenvalue weighted by Crippen LogP contribution is 2.24. The number of carbonyl (C=O) groups excluding carboxylic acids is 1. The Bertz CT molecular complexity index is 577. The van der Waals surface area contributed by atoms with E-state index in [1.54, 1.807) is 23.1 Å². The fourth-order valence-electron chi connectivity index (χ4n) is 3.47. The van der Waals surface area contributed by atoms with Gasteiger partial charge in [-0.05, 0) is 24.5 Å². The maximum absolute atomic E-state index is 13.6. The highest BCUT2D eigenvalue weighted by atomic mass is 19.1. The van der Waals surface area contributed by atoms with E-state index in [4.69, 9.17) is 4.74 Å². The van der Waals surface area contributed by atoms with Crippen molar-refractivity contribution in [3.8, 4) is 0 Å². The van der Waals surface area contributed by atoms with Crippen molar-refractivity contribution in [2.24, 2.45) is 0 Å². The molecule has 132 valence electrons. The predicted octanol–water partition coefficient (Wildman–Crippen LogP) is 1.05. The van der Waals surface area contributed by atoms with Crippen LogP contribution in [0.1, 0.15) is 18.4 Å². The fourth-order valence-corrected chi connectivity index (χ4v) is 3.47. The number of β-amino-alcohol motifs (C(OH)–C–C–N with tert-alkyl or cyclic N) is 1.